The van der Waals surface area contributed by atoms with E-state index in [0.29, 0.717) is 6.54 Å². The Balaban J connectivity index is 1.74. The van der Waals surface area contributed by atoms with Crippen molar-refractivity contribution in [2.24, 2.45) is 0 Å². The molecule has 0 saturated carbocycles. The average molecular weight is 302 g/mol. The lowest BCUT2D eigenvalue weighted by Crippen LogP contribution is -2.50. The number of piperazine rings is 1. The Morgan fingerprint density at radius 1 is 1.37 bits per heavy atom. The van der Waals surface area contributed by atoms with Crippen molar-refractivity contribution in [3.8, 4) is 0 Å². The van der Waals surface area contributed by atoms with Crippen molar-refractivity contribution in [1.82, 2.24) is 15.1 Å². The van der Waals surface area contributed by atoms with E-state index in [4.69, 9.17) is 11.6 Å². The summed E-state index contributed by atoms with van der Waals surface area (Å²) in [5.41, 5.74) is 0. The number of carbonyl (C=O) groups excluding carboxylic acids is 1. The van der Waals surface area contributed by atoms with E-state index >= 15 is 0 Å². The molecule has 1 saturated heterocycles. The number of halogens is 1. The summed E-state index contributed by atoms with van der Waals surface area (Å²) in [5.74, 6) is 0.209. The Labute approximate surface area is 123 Å². The molecule has 1 N–H and O–H groups in total. The van der Waals surface area contributed by atoms with Crippen LogP contribution in [0.1, 0.15) is 11.8 Å². The van der Waals surface area contributed by atoms with Crippen molar-refractivity contribution in [1.29, 1.82) is 0 Å². The van der Waals surface area contributed by atoms with Gasteiger partial charge in [0.2, 0.25) is 5.91 Å². The average Bonchev–Trinajstić information content (AvgIpc) is 2.82. The van der Waals surface area contributed by atoms with E-state index in [1.165, 1.54) is 4.88 Å². The zero-order chi connectivity index (χ0) is 13.7. The SMILES string of the molecule is CCNCC(=O)N1CCN(Cc2ccc(Cl)s2)CC1. The summed E-state index contributed by atoms with van der Waals surface area (Å²) in [7, 11) is 0. The van der Waals surface area contributed by atoms with Gasteiger partial charge in [-0.15, -0.1) is 11.3 Å². The first-order valence-electron chi connectivity index (χ1n) is 6.64. The molecular weight excluding hydrogens is 282 g/mol. The maximum absolute atomic E-state index is 11.9. The molecule has 0 spiro atoms. The molecule has 4 nitrogen and oxygen atoms in total. The summed E-state index contributed by atoms with van der Waals surface area (Å²) >= 11 is 7.56. The minimum absolute atomic E-state index is 0.209. The number of hydrogen-bond acceptors (Lipinski definition) is 4. The van der Waals surface area contributed by atoms with Gasteiger partial charge in [0, 0.05) is 37.6 Å². The molecule has 0 radical (unpaired) electrons. The van der Waals surface area contributed by atoms with Gasteiger partial charge in [0.05, 0.1) is 10.9 Å². The lowest BCUT2D eigenvalue weighted by molar-refractivity contribution is -0.132. The van der Waals surface area contributed by atoms with Gasteiger partial charge in [-0.05, 0) is 18.7 Å². The number of carbonyl (C=O) groups is 1. The van der Waals surface area contributed by atoms with Crippen molar-refractivity contribution in [2.45, 2.75) is 13.5 Å². The molecule has 0 unspecified atom stereocenters. The molecule has 1 aliphatic rings. The van der Waals surface area contributed by atoms with Crippen molar-refractivity contribution >= 4 is 28.8 Å². The van der Waals surface area contributed by atoms with Crippen LogP contribution in [-0.2, 0) is 11.3 Å². The predicted octanol–water partition coefficient (Wildman–Crippen LogP) is 1.66. The van der Waals surface area contributed by atoms with Crippen LogP contribution in [0.2, 0.25) is 4.34 Å². The van der Waals surface area contributed by atoms with Gasteiger partial charge in [-0.3, -0.25) is 9.69 Å². The Hall–Kier alpha value is -0.620. The molecule has 0 aliphatic carbocycles. The van der Waals surface area contributed by atoms with Gasteiger partial charge in [0.25, 0.3) is 0 Å². The fourth-order valence-electron chi connectivity index (χ4n) is 2.16. The summed E-state index contributed by atoms with van der Waals surface area (Å²) in [4.78, 5) is 17.5. The third kappa shape index (κ3) is 4.45. The fraction of sp³-hybridized carbons (Fsp3) is 0.615. The first-order valence-corrected chi connectivity index (χ1v) is 7.83. The van der Waals surface area contributed by atoms with Gasteiger partial charge in [-0.25, -0.2) is 0 Å². The first kappa shape index (κ1) is 14.8. The van der Waals surface area contributed by atoms with E-state index in [1.807, 2.05) is 17.9 Å². The van der Waals surface area contributed by atoms with Crippen LogP contribution in [0, 0.1) is 0 Å². The van der Waals surface area contributed by atoms with Gasteiger partial charge in [-0.2, -0.15) is 0 Å². The molecule has 0 aromatic carbocycles. The van der Waals surface area contributed by atoms with Crippen LogP contribution >= 0.6 is 22.9 Å². The standard InChI is InChI=1S/C13H20ClN3OS/c1-2-15-9-13(18)17-7-5-16(6-8-17)10-11-3-4-12(14)19-11/h3-4,15H,2,5-10H2,1H3. The van der Waals surface area contributed by atoms with E-state index in [-0.39, 0.29) is 5.91 Å². The minimum atomic E-state index is 0.209. The van der Waals surface area contributed by atoms with Crippen LogP contribution in [0.3, 0.4) is 0 Å². The highest BCUT2D eigenvalue weighted by Crippen LogP contribution is 2.23. The number of amides is 1. The highest BCUT2D eigenvalue weighted by Gasteiger charge is 2.20. The Kier molecular flexibility index (Phi) is 5.63. The maximum atomic E-state index is 11.9. The molecule has 106 valence electrons. The highest BCUT2D eigenvalue weighted by atomic mass is 35.5. The van der Waals surface area contributed by atoms with Crippen LogP contribution in [0.4, 0.5) is 0 Å². The fourth-order valence-corrected chi connectivity index (χ4v) is 3.29. The van der Waals surface area contributed by atoms with E-state index in [1.54, 1.807) is 11.3 Å². The number of thiophene rings is 1. The molecule has 1 aliphatic heterocycles. The highest BCUT2D eigenvalue weighted by molar-refractivity contribution is 7.16. The van der Waals surface area contributed by atoms with Gasteiger partial charge in [0.15, 0.2) is 0 Å². The predicted molar refractivity (Wildman–Crippen MR) is 79.7 cm³/mol. The second kappa shape index (κ2) is 7.24. The van der Waals surface area contributed by atoms with Crippen LogP contribution in [-0.4, -0.2) is 55.0 Å². The van der Waals surface area contributed by atoms with Gasteiger partial charge < -0.3 is 10.2 Å². The smallest absolute Gasteiger partial charge is 0.236 e. The van der Waals surface area contributed by atoms with Crippen molar-refractivity contribution in [2.75, 3.05) is 39.3 Å². The number of nitrogens with one attached hydrogen (secondary N) is 1. The normalized spacial score (nSPS) is 16.8. The molecule has 0 bridgehead atoms. The topological polar surface area (TPSA) is 35.6 Å². The Morgan fingerprint density at radius 2 is 2.11 bits per heavy atom. The van der Waals surface area contributed by atoms with Gasteiger partial charge in [-0.1, -0.05) is 18.5 Å². The second-order valence-corrected chi connectivity index (χ2v) is 6.44. The summed E-state index contributed by atoms with van der Waals surface area (Å²) < 4.78 is 0.842. The zero-order valence-electron chi connectivity index (χ0n) is 11.2. The molecular formula is C13H20ClN3OS. The number of hydrogen-bond donors (Lipinski definition) is 1. The molecule has 1 aromatic heterocycles. The summed E-state index contributed by atoms with van der Waals surface area (Å²) in [6, 6.07) is 4.02. The molecule has 1 fully saturated rings. The Morgan fingerprint density at radius 3 is 2.68 bits per heavy atom. The Bertz CT molecular complexity index is 416. The molecule has 2 rings (SSSR count). The van der Waals surface area contributed by atoms with E-state index in [2.05, 4.69) is 16.3 Å². The third-order valence-corrected chi connectivity index (χ3v) is 4.48. The molecule has 19 heavy (non-hydrogen) atoms. The first-order chi connectivity index (χ1) is 9.19. The lowest BCUT2D eigenvalue weighted by atomic mass is 10.3. The summed E-state index contributed by atoms with van der Waals surface area (Å²) in [5, 5.41) is 3.08. The van der Waals surface area contributed by atoms with E-state index in [0.717, 1.165) is 43.6 Å². The third-order valence-electron chi connectivity index (χ3n) is 3.26. The number of rotatable bonds is 5. The summed E-state index contributed by atoms with van der Waals surface area (Å²) in [6.45, 7) is 7.76. The second-order valence-electron chi connectivity index (χ2n) is 4.64. The van der Waals surface area contributed by atoms with Crippen LogP contribution in [0.15, 0.2) is 12.1 Å². The van der Waals surface area contributed by atoms with E-state index < -0.39 is 0 Å². The van der Waals surface area contributed by atoms with Crippen LogP contribution in [0.5, 0.6) is 0 Å². The number of nitrogens with zero attached hydrogens (tertiary/aromatic N) is 2. The lowest BCUT2D eigenvalue weighted by Gasteiger charge is -2.34. The van der Waals surface area contributed by atoms with Crippen LogP contribution in [0.25, 0.3) is 0 Å². The summed E-state index contributed by atoms with van der Waals surface area (Å²) in [6.07, 6.45) is 0. The largest absolute Gasteiger partial charge is 0.339 e. The molecule has 2 heterocycles. The van der Waals surface area contributed by atoms with Crippen molar-refractivity contribution in [3.05, 3.63) is 21.3 Å². The zero-order valence-corrected chi connectivity index (χ0v) is 12.8. The van der Waals surface area contributed by atoms with E-state index in [9.17, 15) is 4.79 Å². The maximum Gasteiger partial charge on any atom is 0.236 e. The molecule has 1 aromatic rings. The van der Waals surface area contributed by atoms with Crippen LogP contribution < -0.4 is 5.32 Å². The van der Waals surface area contributed by atoms with Crippen molar-refractivity contribution in [3.63, 3.8) is 0 Å². The number of likely N-dealkylation sites (N-methyl/N-ethyl adjacent to an activating group) is 1. The van der Waals surface area contributed by atoms with Gasteiger partial charge in [0.1, 0.15) is 0 Å². The minimum Gasteiger partial charge on any atom is -0.339 e. The van der Waals surface area contributed by atoms with Gasteiger partial charge >= 0.3 is 0 Å². The molecule has 6 heteroatoms. The quantitative estimate of drug-likeness (QED) is 0.898. The monoisotopic (exact) mass is 301 g/mol. The molecule has 0 atom stereocenters. The van der Waals surface area contributed by atoms with Crippen molar-refractivity contribution < 1.29 is 4.79 Å². The molecule has 1 amide bonds.